The second-order valence-electron chi connectivity index (χ2n) is 10.3. The number of thiazole rings is 2. The first kappa shape index (κ1) is 34.0. The molecule has 8 aromatic rings. The van der Waals surface area contributed by atoms with Gasteiger partial charge in [0, 0.05) is 58.8 Å². The number of rotatable bonds is 5. The minimum Gasteiger partial charge on any atom is -0.476 e. The van der Waals surface area contributed by atoms with Crippen molar-refractivity contribution in [3.05, 3.63) is 151 Å². The zero-order chi connectivity index (χ0) is 35.7. The van der Waals surface area contributed by atoms with Crippen molar-refractivity contribution in [2.75, 3.05) is 11.1 Å². The molecule has 2 aromatic carbocycles. The molecular weight excluding hydrogens is 693 g/mol. The minimum atomic E-state index is -0.966. The largest absolute Gasteiger partial charge is 0.476 e. The Morgan fingerprint density at radius 1 is 0.706 bits per heavy atom. The van der Waals surface area contributed by atoms with Crippen molar-refractivity contribution < 1.29 is 23.5 Å². The second kappa shape index (κ2) is 15.6. The van der Waals surface area contributed by atoms with Gasteiger partial charge in [0.05, 0.1) is 33.2 Å². The smallest absolute Gasteiger partial charge is 0.355 e. The zero-order valence-corrected chi connectivity index (χ0v) is 27.8. The third-order valence-electron chi connectivity index (χ3n) is 7.00. The van der Waals surface area contributed by atoms with E-state index in [1.165, 1.54) is 45.7 Å². The van der Waals surface area contributed by atoms with Crippen molar-refractivity contribution >= 4 is 67.9 Å². The van der Waals surface area contributed by atoms with Gasteiger partial charge in [0.2, 0.25) is 0 Å². The number of nitrogens with two attached hydrogens (primary N) is 1. The lowest BCUT2D eigenvalue weighted by Crippen LogP contribution is -2.13. The number of carbonyl (C=O) groups excluding carboxylic acids is 1. The number of amides is 1. The Bertz CT molecular complexity index is 2560. The Labute approximate surface area is 295 Å². The van der Waals surface area contributed by atoms with Gasteiger partial charge in [-0.25, -0.2) is 14.8 Å². The summed E-state index contributed by atoms with van der Waals surface area (Å²) in [7, 11) is 0. The van der Waals surface area contributed by atoms with Crippen LogP contribution in [-0.2, 0) is 0 Å². The fourth-order valence-electron chi connectivity index (χ4n) is 4.61. The highest BCUT2D eigenvalue weighted by Crippen LogP contribution is 2.27. The van der Waals surface area contributed by atoms with Crippen LogP contribution in [0.5, 0.6) is 0 Å². The molecule has 0 aliphatic rings. The summed E-state index contributed by atoms with van der Waals surface area (Å²) in [5.41, 5.74) is 12.1. The molecule has 0 saturated heterocycles. The van der Waals surface area contributed by atoms with Gasteiger partial charge in [0.25, 0.3) is 5.91 Å². The number of pyridine rings is 2. The predicted octanol–water partition coefficient (Wildman–Crippen LogP) is 6.84. The monoisotopic (exact) mass is 716 g/mol. The summed E-state index contributed by atoms with van der Waals surface area (Å²) in [4.78, 5) is 62.2. The third-order valence-corrected chi connectivity index (χ3v) is 8.17. The van der Waals surface area contributed by atoms with Gasteiger partial charge < -0.3 is 25.0 Å². The van der Waals surface area contributed by atoms with Crippen LogP contribution in [0.25, 0.3) is 44.6 Å². The number of para-hydroxylation sites is 2. The average Bonchev–Trinajstić information content (AvgIpc) is 3.90. The fraction of sp³-hybridized carbons (Fsp3) is 0. The van der Waals surface area contributed by atoms with Gasteiger partial charge in [-0.05, 0) is 48.5 Å². The number of fused-ring (bicyclic) bond motifs is 2. The van der Waals surface area contributed by atoms with E-state index in [0.717, 1.165) is 5.56 Å². The van der Waals surface area contributed by atoms with E-state index < -0.39 is 5.97 Å². The average molecular weight is 717 g/mol. The molecule has 4 N–H and O–H groups in total. The molecule has 0 atom stereocenters. The number of hydrogen-bond acceptors (Lipinski definition) is 13. The maximum absolute atomic E-state index is 12.4. The summed E-state index contributed by atoms with van der Waals surface area (Å²) < 4.78 is 11.6. The number of anilines is 2. The first-order chi connectivity index (χ1) is 24.8. The van der Waals surface area contributed by atoms with Gasteiger partial charge in [-0.1, -0.05) is 12.1 Å². The molecule has 0 radical (unpaired) electrons. The number of nitrogen functional groups attached to an aromatic ring is 1. The maximum Gasteiger partial charge on any atom is 0.355 e. The molecular formula is C36H24N6O7S2. The van der Waals surface area contributed by atoms with Gasteiger partial charge in [-0.15, -0.1) is 22.7 Å². The third kappa shape index (κ3) is 8.07. The van der Waals surface area contributed by atoms with E-state index in [4.69, 9.17) is 19.7 Å². The summed E-state index contributed by atoms with van der Waals surface area (Å²) in [5, 5.41) is 15.0. The first-order valence-corrected chi connectivity index (χ1v) is 16.7. The topological polar surface area (TPSA) is 204 Å². The zero-order valence-electron chi connectivity index (χ0n) is 26.1. The molecule has 252 valence electrons. The molecule has 15 heteroatoms. The second-order valence-corrected chi connectivity index (χ2v) is 11.8. The number of aromatic carboxylic acids is 1. The molecule has 0 aliphatic carbocycles. The molecule has 6 aromatic heterocycles. The highest BCUT2D eigenvalue weighted by atomic mass is 32.1. The van der Waals surface area contributed by atoms with E-state index in [0.29, 0.717) is 56.1 Å². The lowest BCUT2D eigenvalue weighted by atomic mass is 10.1. The molecule has 0 bridgehead atoms. The fourth-order valence-corrected chi connectivity index (χ4v) is 5.66. The van der Waals surface area contributed by atoms with Crippen molar-refractivity contribution in [2.45, 2.75) is 0 Å². The van der Waals surface area contributed by atoms with E-state index in [1.54, 1.807) is 90.3 Å². The molecule has 0 fully saturated rings. The van der Waals surface area contributed by atoms with Crippen molar-refractivity contribution in [2.24, 2.45) is 0 Å². The number of carboxylic acid groups (broad SMARTS) is 1. The number of nitrogens with one attached hydrogen (secondary N) is 1. The highest BCUT2D eigenvalue weighted by molar-refractivity contribution is 7.08. The summed E-state index contributed by atoms with van der Waals surface area (Å²) in [6.07, 6.45) is 6.56. The van der Waals surface area contributed by atoms with Gasteiger partial charge in [-0.3, -0.25) is 24.4 Å². The number of nitrogens with zero attached hydrogens (tertiary/aromatic N) is 4. The number of hydrogen-bond donors (Lipinski definition) is 3. The first-order valence-electron chi connectivity index (χ1n) is 14.8. The van der Waals surface area contributed by atoms with Crippen LogP contribution in [0.3, 0.4) is 0 Å². The quantitative estimate of drug-likeness (QED) is 0.157. The molecule has 0 aliphatic heterocycles. The normalized spacial score (nSPS) is 10.4. The van der Waals surface area contributed by atoms with Crippen molar-refractivity contribution in [1.82, 2.24) is 19.9 Å². The number of aromatic nitrogens is 4. The van der Waals surface area contributed by atoms with E-state index in [9.17, 15) is 19.2 Å². The summed E-state index contributed by atoms with van der Waals surface area (Å²) in [6.45, 7) is 0. The van der Waals surface area contributed by atoms with E-state index in [1.807, 2.05) is 6.07 Å². The van der Waals surface area contributed by atoms with Gasteiger partial charge in [0.1, 0.15) is 17.2 Å². The van der Waals surface area contributed by atoms with Gasteiger partial charge in [-0.2, -0.15) is 0 Å². The lowest BCUT2D eigenvalue weighted by Gasteiger charge is -2.08. The van der Waals surface area contributed by atoms with Crippen LogP contribution in [0.1, 0.15) is 21.0 Å². The number of carboxylic acids is 1. The van der Waals surface area contributed by atoms with Crippen molar-refractivity contribution in [3.63, 3.8) is 0 Å². The summed E-state index contributed by atoms with van der Waals surface area (Å²) in [6, 6.07) is 20.2. The standard InChI is InChI=1S/C18H11N3O3S.C14H10N2O2.C4H3NO2S/c22-15-7-16(11-3-2-6-19-8-11)24-17-12(15)4-1-5-13(17)21-18(23)14-9-25-10-20-14;15-11-5-1-4-10-12(17)7-13(18-14(10)11)9-3-2-6-16-8-9;6-4(7)3-1-8-2-5-3/h1-10H,(H,21,23);1-8H,15H2;1-2H,(H,6,7). The molecule has 1 amide bonds. The molecule has 0 saturated carbocycles. The van der Waals surface area contributed by atoms with Crippen LogP contribution in [0.2, 0.25) is 0 Å². The predicted molar refractivity (Wildman–Crippen MR) is 195 cm³/mol. The van der Waals surface area contributed by atoms with Crippen LogP contribution >= 0.6 is 22.7 Å². The van der Waals surface area contributed by atoms with E-state index in [-0.39, 0.29) is 22.5 Å². The highest BCUT2D eigenvalue weighted by Gasteiger charge is 2.15. The Morgan fingerprint density at radius 2 is 1.25 bits per heavy atom. The Balaban J connectivity index is 0.000000150. The van der Waals surface area contributed by atoms with Crippen LogP contribution in [-0.4, -0.2) is 36.9 Å². The number of carbonyl (C=O) groups is 2. The molecule has 6 heterocycles. The van der Waals surface area contributed by atoms with Crippen molar-refractivity contribution in [3.8, 4) is 22.6 Å². The lowest BCUT2D eigenvalue weighted by molar-refractivity contribution is 0.0691. The van der Waals surface area contributed by atoms with Gasteiger partial charge >= 0.3 is 5.97 Å². The van der Waals surface area contributed by atoms with Crippen LogP contribution in [0.15, 0.2) is 138 Å². The summed E-state index contributed by atoms with van der Waals surface area (Å²) in [5.74, 6) is -0.464. The van der Waals surface area contributed by atoms with Gasteiger partial charge in [0.15, 0.2) is 27.7 Å². The van der Waals surface area contributed by atoms with Crippen LogP contribution in [0.4, 0.5) is 11.4 Å². The SMILES string of the molecule is Nc1cccc2c(=O)cc(-c3cccnc3)oc12.O=C(Nc1cccc2c(=O)cc(-c3cccnc3)oc12)c1cscn1.O=C(O)c1cscn1. The Kier molecular flexibility index (Phi) is 10.4. The van der Waals surface area contributed by atoms with Crippen LogP contribution < -0.4 is 21.9 Å². The van der Waals surface area contributed by atoms with Crippen LogP contribution in [0, 0.1) is 0 Å². The van der Waals surface area contributed by atoms with E-state index in [2.05, 4.69) is 25.3 Å². The maximum atomic E-state index is 12.4. The molecule has 0 unspecified atom stereocenters. The molecule has 0 spiro atoms. The molecule has 8 rings (SSSR count). The summed E-state index contributed by atoms with van der Waals surface area (Å²) >= 11 is 2.61. The van der Waals surface area contributed by atoms with E-state index >= 15 is 0 Å². The Hall–Kier alpha value is -6.84. The molecule has 51 heavy (non-hydrogen) atoms. The van der Waals surface area contributed by atoms with Crippen molar-refractivity contribution in [1.29, 1.82) is 0 Å². The number of benzene rings is 2. The minimum absolute atomic E-state index is 0.109. The molecule has 13 nitrogen and oxygen atoms in total. The Morgan fingerprint density at radius 3 is 1.76 bits per heavy atom.